The van der Waals surface area contributed by atoms with E-state index < -0.39 is 0 Å². The van der Waals surface area contributed by atoms with Crippen molar-refractivity contribution in [2.24, 2.45) is 0 Å². The van der Waals surface area contributed by atoms with Crippen molar-refractivity contribution in [2.45, 2.75) is 6.42 Å². The van der Waals surface area contributed by atoms with Crippen LogP contribution in [-0.2, 0) is 6.42 Å². The van der Waals surface area contributed by atoms with E-state index in [1.807, 2.05) is 54.7 Å². The molecule has 33 heavy (non-hydrogen) atoms. The number of fused-ring (bicyclic) bond motifs is 1. The van der Waals surface area contributed by atoms with Crippen LogP contribution in [0.25, 0.3) is 33.4 Å². The van der Waals surface area contributed by atoms with Crippen molar-refractivity contribution in [3.8, 4) is 34.0 Å². The van der Waals surface area contributed by atoms with Crippen molar-refractivity contribution in [1.29, 1.82) is 0 Å². The number of nitrogens with zero attached hydrogens (tertiary/aromatic N) is 3. The molecule has 7 heteroatoms. The van der Waals surface area contributed by atoms with E-state index in [-0.39, 0.29) is 5.82 Å². The molecule has 6 nitrogen and oxygen atoms in total. The Hall–Kier alpha value is -4.26. The van der Waals surface area contributed by atoms with E-state index in [9.17, 15) is 4.39 Å². The zero-order valence-corrected chi connectivity index (χ0v) is 18.2. The van der Waals surface area contributed by atoms with Gasteiger partial charge in [-0.05, 0) is 72.3 Å². The van der Waals surface area contributed by atoms with Gasteiger partial charge in [-0.1, -0.05) is 0 Å². The average Bonchev–Trinajstić information content (AvgIpc) is 3.25. The van der Waals surface area contributed by atoms with Gasteiger partial charge in [0.1, 0.15) is 28.7 Å². The van der Waals surface area contributed by atoms with Crippen molar-refractivity contribution in [3.63, 3.8) is 0 Å². The quantitative estimate of drug-likeness (QED) is 0.381. The molecule has 0 radical (unpaired) electrons. The lowest BCUT2D eigenvalue weighted by Gasteiger charge is -2.11. The summed E-state index contributed by atoms with van der Waals surface area (Å²) < 4.78 is 24.4. The van der Waals surface area contributed by atoms with Gasteiger partial charge >= 0.3 is 0 Å². The molecule has 0 atom stereocenters. The topological polar surface area (TPSA) is 72.9 Å². The van der Waals surface area contributed by atoms with Crippen LogP contribution >= 0.6 is 0 Å². The molecule has 3 aromatic carbocycles. The highest BCUT2D eigenvalue weighted by Crippen LogP contribution is 2.31. The number of hydrogen-bond acceptors (Lipinski definition) is 5. The van der Waals surface area contributed by atoms with Gasteiger partial charge in [0.05, 0.1) is 14.2 Å². The first-order valence-electron chi connectivity index (χ1n) is 10.4. The molecule has 0 fully saturated rings. The van der Waals surface area contributed by atoms with E-state index in [1.165, 1.54) is 12.1 Å². The third-order valence-electron chi connectivity index (χ3n) is 5.54. The first-order chi connectivity index (χ1) is 16.1. The molecule has 0 saturated heterocycles. The van der Waals surface area contributed by atoms with E-state index in [0.29, 0.717) is 23.6 Å². The summed E-state index contributed by atoms with van der Waals surface area (Å²) in [6.07, 6.45) is 2.28. The Morgan fingerprint density at radius 3 is 2.06 bits per heavy atom. The van der Waals surface area contributed by atoms with Gasteiger partial charge in [0.2, 0.25) is 0 Å². The summed E-state index contributed by atoms with van der Waals surface area (Å²) in [5.41, 5.74) is 4.91. The lowest BCUT2D eigenvalue weighted by molar-refractivity contribution is 0.414. The number of hydrogen-bond donors (Lipinski definition) is 1. The second-order valence-corrected chi connectivity index (χ2v) is 7.56. The number of halogens is 1. The number of H-pyrrole nitrogens is 1. The highest BCUT2D eigenvalue weighted by molar-refractivity contribution is 5.83. The summed E-state index contributed by atoms with van der Waals surface area (Å²) in [6.45, 7) is 0. The maximum absolute atomic E-state index is 13.8. The van der Waals surface area contributed by atoms with Gasteiger partial charge in [-0.3, -0.25) is 0 Å². The van der Waals surface area contributed by atoms with Gasteiger partial charge in [0.15, 0.2) is 5.82 Å². The molecular formula is C26H21FN4O2. The molecule has 0 aliphatic carbocycles. The number of methoxy groups -OCH3 is 2. The zero-order valence-electron chi connectivity index (χ0n) is 18.2. The van der Waals surface area contributed by atoms with Crippen molar-refractivity contribution in [2.75, 3.05) is 14.2 Å². The molecule has 2 heterocycles. The van der Waals surface area contributed by atoms with Gasteiger partial charge in [0, 0.05) is 34.6 Å². The molecule has 5 aromatic rings. The van der Waals surface area contributed by atoms with Crippen LogP contribution in [0, 0.1) is 5.82 Å². The number of nitrogens with one attached hydrogen (secondary N) is 1. The molecule has 1 N–H and O–H groups in total. The van der Waals surface area contributed by atoms with Gasteiger partial charge < -0.3 is 14.5 Å². The Morgan fingerprint density at radius 1 is 0.788 bits per heavy atom. The Balaban J connectivity index is 1.58. The second-order valence-electron chi connectivity index (χ2n) is 7.56. The SMILES string of the molecule is COc1ccc(-c2nnc(Cc3c[nH]c4ccc(F)cc34)nc2-c2ccc(OC)cc2)cc1. The Bertz CT molecular complexity index is 1410. The summed E-state index contributed by atoms with van der Waals surface area (Å²) in [4.78, 5) is 8.04. The number of aromatic amines is 1. The lowest BCUT2D eigenvalue weighted by Crippen LogP contribution is -2.04. The van der Waals surface area contributed by atoms with E-state index >= 15 is 0 Å². The largest absolute Gasteiger partial charge is 0.497 e. The minimum atomic E-state index is -0.281. The van der Waals surface area contributed by atoms with Crippen molar-refractivity contribution >= 4 is 10.9 Å². The van der Waals surface area contributed by atoms with E-state index in [2.05, 4.69) is 15.2 Å². The second kappa shape index (κ2) is 8.70. The molecule has 0 bridgehead atoms. The number of benzene rings is 3. The Morgan fingerprint density at radius 2 is 1.42 bits per heavy atom. The summed E-state index contributed by atoms with van der Waals surface area (Å²) in [6, 6.07) is 20.0. The Kier molecular flexibility index (Phi) is 5.44. The monoisotopic (exact) mass is 440 g/mol. The van der Waals surface area contributed by atoms with E-state index in [4.69, 9.17) is 14.5 Å². The smallest absolute Gasteiger partial charge is 0.156 e. The molecule has 164 valence electrons. The summed E-state index contributed by atoms with van der Waals surface area (Å²) in [7, 11) is 3.26. The van der Waals surface area contributed by atoms with Crippen LogP contribution in [0.1, 0.15) is 11.4 Å². The minimum Gasteiger partial charge on any atom is -0.497 e. The van der Waals surface area contributed by atoms with Gasteiger partial charge in [0.25, 0.3) is 0 Å². The van der Waals surface area contributed by atoms with Gasteiger partial charge in [-0.2, -0.15) is 0 Å². The molecule has 0 unspecified atom stereocenters. The van der Waals surface area contributed by atoms with Crippen molar-refractivity contribution < 1.29 is 13.9 Å². The average molecular weight is 440 g/mol. The van der Waals surface area contributed by atoms with Crippen LogP contribution in [0.15, 0.2) is 72.9 Å². The van der Waals surface area contributed by atoms with Crippen LogP contribution < -0.4 is 9.47 Å². The van der Waals surface area contributed by atoms with Crippen LogP contribution in [0.5, 0.6) is 11.5 Å². The third kappa shape index (κ3) is 4.13. The van der Waals surface area contributed by atoms with Crippen LogP contribution in [0.3, 0.4) is 0 Å². The summed E-state index contributed by atoms with van der Waals surface area (Å²) in [5.74, 6) is 1.78. The molecule has 0 amide bonds. The highest BCUT2D eigenvalue weighted by atomic mass is 19.1. The third-order valence-corrected chi connectivity index (χ3v) is 5.54. The van der Waals surface area contributed by atoms with Crippen molar-refractivity contribution in [1.82, 2.24) is 20.2 Å². The normalized spacial score (nSPS) is 11.0. The first-order valence-corrected chi connectivity index (χ1v) is 10.4. The summed E-state index contributed by atoms with van der Waals surface area (Å²) >= 11 is 0. The number of aromatic nitrogens is 4. The molecule has 5 rings (SSSR count). The van der Waals surface area contributed by atoms with Crippen molar-refractivity contribution in [3.05, 3.63) is 90.1 Å². The van der Waals surface area contributed by atoms with Crippen LogP contribution in [0.2, 0.25) is 0 Å². The summed E-state index contributed by atoms with van der Waals surface area (Å²) in [5, 5.41) is 9.74. The maximum Gasteiger partial charge on any atom is 0.156 e. The number of rotatable bonds is 6. The number of ether oxygens (including phenoxy) is 2. The first kappa shape index (κ1) is 20.6. The lowest BCUT2D eigenvalue weighted by atomic mass is 10.0. The standard InChI is InChI=1S/C26H21FN4O2/c1-32-20-8-3-16(4-9-20)25-26(17-5-10-21(33-2)11-6-17)31-30-24(29-25)13-18-15-28-23-12-7-19(27)14-22(18)23/h3-12,14-15,28H,13H2,1-2H3. The Labute approximate surface area is 190 Å². The minimum absolute atomic E-state index is 0.281. The predicted molar refractivity (Wildman–Crippen MR) is 125 cm³/mol. The maximum atomic E-state index is 13.8. The fraction of sp³-hybridized carbons (Fsp3) is 0.115. The van der Waals surface area contributed by atoms with E-state index in [1.54, 1.807) is 20.3 Å². The molecule has 2 aromatic heterocycles. The van der Waals surface area contributed by atoms with Crippen LogP contribution in [-0.4, -0.2) is 34.4 Å². The van der Waals surface area contributed by atoms with E-state index in [0.717, 1.165) is 39.1 Å². The van der Waals surface area contributed by atoms with Gasteiger partial charge in [-0.15, -0.1) is 10.2 Å². The molecule has 0 aliphatic rings. The zero-order chi connectivity index (χ0) is 22.8. The fourth-order valence-corrected chi connectivity index (χ4v) is 3.80. The molecular weight excluding hydrogens is 419 g/mol. The fourth-order valence-electron chi connectivity index (χ4n) is 3.80. The molecule has 0 saturated carbocycles. The van der Waals surface area contributed by atoms with Gasteiger partial charge in [-0.25, -0.2) is 9.37 Å². The van der Waals surface area contributed by atoms with Crippen LogP contribution in [0.4, 0.5) is 4.39 Å². The molecule has 0 aliphatic heterocycles. The molecule has 0 spiro atoms. The predicted octanol–water partition coefficient (Wildman–Crippen LogP) is 5.43. The highest BCUT2D eigenvalue weighted by Gasteiger charge is 2.16.